The molecule has 0 radical (unpaired) electrons. The molecule has 0 bridgehead atoms. The van der Waals surface area contributed by atoms with Crippen molar-refractivity contribution in [3.63, 3.8) is 0 Å². The van der Waals surface area contributed by atoms with Crippen LogP contribution in [0.15, 0.2) is 48.5 Å². The molecule has 7 heteroatoms. The van der Waals surface area contributed by atoms with Crippen molar-refractivity contribution in [1.29, 1.82) is 0 Å². The number of rotatable bonds is 4. The lowest BCUT2D eigenvalue weighted by Gasteiger charge is -2.44. The summed E-state index contributed by atoms with van der Waals surface area (Å²) in [4.78, 5) is 33.6. The fourth-order valence-corrected chi connectivity index (χ4v) is 5.23. The molecule has 0 unspecified atom stereocenters. The van der Waals surface area contributed by atoms with Gasteiger partial charge in [-0.05, 0) is 43.9 Å². The first-order valence-corrected chi connectivity index (χ1v) is 11.7. The molecule has 3 atom stereocenters. The first-order valence-electron chi connectivity index (χ1n) is 11.7. The van der Waals surface area contributed by atoms with E-state index in [4.69, 9.17) is 0 Å². The second-order valence-corrected chi connectivity index (χ2v) is 9.61. The van der Waals surface area contributed by atoms with Gasteiger partial charge in [-0.1, -0.05) is 50.1 Å². The molecule has 172 valence electrons. The highest BCUT2D eigenvalue weighted by Crippen LogP contribution is 2.33. The van der Waals surface area contributed by atoms with Crippen LogP contribution in [0.3, 0.4) is 0 Å². The smallest absolute Gasteiger partial charge is 0.291 e. The van der Waals surface area contributed by atoms with Crippen LogP contribution in [0, 0.1) is 11.7 Å². The molecule has 2 heterocycles. The predicted octanol–water partition coefficient (Wildman–Crippen LogP) is 4.29. The first kappa shape index (κ1) is 21.6. The summed E-state index contributed by atoms with van der Waals surface area (Å²) in [6, 6.07) is 14.0. The summed E-state index contributed by atoms with van der Waals surface area (Å²) in [6.45, 7) is 4.21. The van der Waals surface area contributed by atoms with Gasteiger partial charge in [0, 0.05) is 11.6 Å². The van der Waals surface area contributed by atoms with E-state index in [0.717, 1.165) is 24.8 Å². The van der Waals surface area contributed by atoms with E-state index in [1.54, 1.807) is 25.1 Å². The summed E-state index contributed by atoms with van der Waals surface area (Å²) < 4.78 is 16.4. The molecule has 6 nitrogen and oxygen atoms in total. The largest absolute Gasteiger partial charge is 0.351 e. The molecule has 1 N–H and O–H groups in total. The maximum absolute atomic E-state index is 14.6. The number of carbonyl (C=O) groups is 2. The number of fused-ring (bicyclic) bond motifs is 3. The van der Waals surface area contributed by atoms with E-state index in [1.807, 2.05) is 28.8 Å². The number of benzene rings is 2. The van der Waals surface area contributed by atoms with Gasteiger partial charge >= 0.3 is 0 Å². The lowest BCUT2D eigenvalue weighted by Crippen LogP contribution is -2.65. The van der Waals surface area contributed by atoms with E-state index in [2.05, 4.69) is 17.2 Å². The van der Waals surface area contributed by atoms with E-state index in [-0.39, 0.29) is 36.8 Å². The number of hydrogen-bond acceptors (Lipinski definition) is 3. The van der Waals surface area contributed by atoms with Gasteiger partial charge in [-0.15, -0.1) is 0 Å². The predicted molar refractivity (Wildman–Crippen MR) is 124 cm³/mol. The third kappa shape index (κ3) is 3.69. The summed E-state index contributed by atoms with van der Waals surface area (Å²) in [7, 11) is 0. The number of imidazole rings is 1. The van der Waals surface area contributed by atoms with Crippen LogP contribution in [0.4, 0.5) is 4.39 Å². The van der Waals surface area contributed by atoms with Gasteiger partial charge in [0.15, 0.2) is 5.82 Å². The highest BCUT2D eigenvalue weighted by molar-refractivity contribution is 6.01. The zero-order chi connectivity index (χ0) is 23.2. The number of para-hydroxylation sites is 2. The van der Waals surface area contributed by atoms with Crippen molar-refractivity contribution in [2.45, 2.75) is 64.2 Å². The van der Waals surface area contributed by atoms with Crippen LogP contribution in [0.5, 0.6) is 0 Å². The SMILES string of the molecule is C[C@@H]1CCCC[C@@H]1NC(=O)[C@@]1(C)Cn2c(nc3ccccc32)C(=O)N1Cc1ccccc1F. The Morgan fingerprint density at radius 1 is 1.15 bits per heavy atom. The summed E-state index contributed by atoms with van der Waals surface area (Å²) >= 11 is 0. The van der Waals surface area contributed by atoms with Crippen molar-refractivity contribution in [2.24, 2.45) is 5.92 Å². The molecule has 2 aliphatic rings. The Morgan fingerprint density at radius 2 is 1.88 bits per heavy atom. The highest BCUT2D eigenvalue weighted by Gasteiger charge is 2.49. The molecule has 1 saturated carbocycles. The van der Waals surface area contributed by atoms with Crippen LogP contribution in [0.1, 0.15) is 55.7 Å². The van der Waals surface area contributed by atoms with Gasteiger partial charge in [0.1, 0.15) is 11.4 Å². The van der Waals surface area contributed by atoms with Crippen molar-refractivity contribution < 1.29 is 14.0 Å². The van der Waals surface area contributed by atoms with Gasteiger partial charge in [-0.2, -0.15) is 0 Å². The minimum absolute atomic E-state index is 0.00114. The van der Waals surface area contributed by atoms with Gasteiger partial charge < -0.3 is 14.8 Å². The summed E-state index contributed by atoms with van der Waals surface area (Å²) in [5.41, 5.74) is 0.710. The van der Waals surface area contributed by atoms with Gasteiger partial charge in [-0.3, -0.25) is 9.59 Å². The van der Waals surface area contributed by atoms with Crippen molar-refractivity contribution >= 4 is 22.8 Å². The van der Waals surface area contributed by atoms with Crippen molar-refractivity contribution in [2.75, 3.05) is 0 Å². The van der Waals surface area contributed by atoms with Gasteiger partial charge in [-0.25, -0.2) is 9.37 Å². The number of amides is 2. The van der Waals surface area contributed by atoms with E-state index < -0.39 is 11.4 Å². The standard InChI is InChI=1S/C26H29FN4O2/c1-17-9-3-6-12-20(17)29-25(33)26(2)16-30-22-14-8-7-13-21(22)28-23(30)24(32)31(26)15-18-10-4-5-11-19(18)27/h4-5,7-8,10-11,13-14,17,20H,3,6,9,12,15-16H2,1-2H3,(H,29,33)/t17-,20+,26-/m1/s1. The Bertz CT molecular complexity index is 1220. The average Bonchev–Trinajstić information content (AvgIpc) is 3.18. The molecule has 1 aliphatic carbocycles. The van der Waals surface area contributed by atoms with Gasteiger partial charge in [0.05, 0.1) is 24.1 Å². The molecule has 2 amide bonds. The molecule has 0 saturated heterocycles. The third-order valence-electron chi connectivity index (χ3n) is 7.36. The molecule has 1 aromatic heterocycles. The van der Waals surface area contributed by atoms with E-state index in [0.29, 0.717) is 17.0 Å². The lowest BCUT2D eigenvalue weighted by molar-refractivity contribution is -0.134. The van der Waals surface area contributed by atoms with Gasteiger partial charge in [0.2, 0.25) is 5.91 Å². The van der Waals surface area contributed by atoms with E-state index in [9.17, 15) is 14.0 Å². The molecule has 1 fully saturated rings. The van der Waals surface area contributed by atoms with Crippen LogP contribution in [-0.4, -0.2) is 37.8 Å². The molecular weight excluding hydrogens is 419 g/mol. The Hall–Kier alpha value is -3.22. The Kier molecular flexibility index (Phi) is 5.43. The molecule has 1 aliphatic heterocycles. The molecule has 3 aromatic rings. The molecule has 2 aromatic carbocycles. The van der Waals surface area contributed by atoms with E-state index in [1.165, 1.54) is 17.4 Å². The summed E-state index contributed by atoms with van der Waals surface area (Å²) in [5.74, 6) is -0.295. The number of carbonyl (C=O) groups excluding carboxylic acids is 2. The molecule has 0 spiro atoms. The lowest BCUT2D eigenvalue weighted by atomic mass is 9.85. The highest BCUT2D eigenvalue weighted by atomic mass is 19.1. The summed E-state index contributed by atoms with van der Waals surface area (Å²) in [5, 5.41) is 3.24. The zero-order valence-corrected chi connectivity index (χ0v) is 19.1. The molecular formula is C26H29FN4O2. The van der Waals surface area contributed by atoms with Gasteiger partial charge in [0.25, 0.3) is 5.91 Å². The maximum Gasteiger partial charge on any atom is 0.291 e. The second-order valence-electron chi connectivity index (χ2n) is 9.61. The number of aromatic nitrogens is 2. The Labute approximate surface area is 192 Å². The van der Waals surface area contributed by atoms with Crippen LogP contribution in [0.25, 0.3) is 11.0 Å². The minimum atomic E-state index is -1.19. The average molecular weight is 449 g/mol. The van der Waals surface area contributed by atoms with Crippen LogP contribution in [-0.2, 0) is 17.9 Å². The van der Waals surface area contributed by atoms with Crippen LogP contribution in [0.2, 0.25) is 0 Å². The normalized spacial score (nSPS) is 25.2. The number of hydrogen-bond donors (Lipinski definition) is 1. The zero-order valence-electron chi connectivity index (χ0n) is 19.1. The number of nitrogens with zero attached hydrogens (tertiary/aromatic N) is 3. The first-order chi connectivity index (χ1) is 15.9. The van der Waals surface area contributed by atoms with Crippen LogP contribution >= 0.6 is 0 Å². The number of nitrogens with one attached hydrogen (secondary N) is 1. The fraction of sp³-hybridized carbons (Fsp3) is 0.423. The number of halogens is 1. The topological polar surface area (TPSA) is 67.2 Å². The monoisotopic (exact) mass is 448 g/mol. The maximum atomic E-state index is 14.6. The molecule has 5 rings (SSSR count). The van der Waals surface area contributed by atoms with Crippen molar-refractivity contribution in [1.82, 2.24) is 19.8 Å². The fourth-order valence-electron chi connectivity index (χ4n) is 5.23. The van der Waals surface area contributed by atoms with Crippen molar-refractivity contribution in [3.8, 4) is 0 Å². The Balaban J connectivity index is 1.56. The quantitative estimate of drug-likeness (QED) is 0.648. The molecule has 33 heavy (non-hydrogen) atoms. The Morgan fingerprint density at radius 3 is 2.67 bits per heavy atom. The minimum Gasteiger partial charge on any atom is -0.351 e. The second kappa shape index (κ2) is 8.28. The van der Waals surface area contributed by atoms with E-state index >= 15 is 0 Å². The third-order valence-corrected chi connectivity index (χ3v) is 7.36. The van der Waals surface area contributed by atoms with Crippen molar-refractivity contribution in [3.05, 3.63) is 65.7 Å². The van der Waals surface area contributed by atoms with Crippen LogP contribution < -0.4 is 5.32 Å². The summed E-state index contributed by atoms with van der Waals surface area (Å²) in [6.07, 6.45) is 4.27.